The molecule has 3 rings (SSSR count). The van der Waals surface area contributed by atoms with E-state index in [0.29, 0.717) is 28.0 Å². The first-order valence-electron chi connectivity index (χ1n) is 9.45. The molecular formula is C22H22ClN3O6. The van der Waals surface area contributed by atoms with Crippen LogP contribution in [0.4, 0.5) is 0 Å². The third kappa shape index (κ3) is 4.47. The van der Waals surface area contributed by atoms with Crippen molar-refractivity contribution in [1.29, 1.82) is 0 Å². The summed E-state index contributed by atoms with van der Waals surface area (Å²) in [7, 11) is 4.52. The number of nitrogens with one attached hydrogen (secondary N) is 1. The van der Waals surface area contributed by atoms with Crippen molar-refractivity contribution in [3.63, 3.8) is 0 Å². The topological polar surface area (TPSA) is 115 Å². The first kappa shape index (κ1) is 23.0. The molecule has 32 heavy (non-hydrogen) atoms. The molecule has 9 nitrogen and oxygen atoms in total. The highest BCUT2D eigenvalue weighted by Crippen LogP contribution is 2.38. The van der Waals surface area contributed by atoms with Crippen molar-refractivity contribution in [2.45, 2.75) is 13.5 Å². The van der Waals surface area contributed by atoms with E-state index in [1.54, 1.807) is 37.3 Å². The van der Waals surface area contributed by atoms with Gasteiger partial charge < -0.3 is 19.3 Å². The largest absolute Gasteiger partial charge is 0.493 e. The highest BCUT2D eigenvalue weighted by molar-refractivity contribution is 6.30. The maximum Gasteiger partial charge on any atom is 0.335 e. The summed E-state index contributed by atoms with van der Waals surface area (Å²) in [4.78, 5) is 31.4. The van der Waals surface area contributed by atoms with E-state index in [9.17, 15) is 14.7 Å². The average molecular weight is 460 g/mol. The Hall–Kier alpha value is -3.72. The molecule has 0 unspecified atom stereocenters. The number of aromatic hydroxyl groups is 1. The minimum Gasteiger partial charge on any atom is -0.493 e. The van der Waals surface area contributed by atoms with Crippen molar-refractivity contribution < 1.29 is 19.3 Å². The molecule has 2 aromatic carbocycles. The number of hydrogen-bond acceptors (Lipinski definition) is 7. The first-order valence-corrected chi connectivity index (χ1v) is 9.83. The van der Waals surface area contributed by atoms with Gasteiger partial charge in [-0.25, -0.2) is 9.36 Å². The van der Waals surface area contributed by atoms with Crippen molar-refractivity contribution in [3.05, 3.63) is 73.4 Å². The van der Waals surface area contributed by atoms with Crippen molar-refractivity contribution in [3.8, 4) is 28.8 Å². The summed E-state index contributed by atoms with van der Waals surface area (Å²) in [5.41, 5.74) is -0.425. The lowest BCUT2D eigenvalue weighted by Crippen LogP contribution is -2.32. The van der Waals surface area contributed by atoms with Crippen LogP contribution < -0.4 is 25.5 Å². The molecule has 0 spiro atoms. The van der Waals surface area contributed by atoms with Gasteiger partial charge >= 0.3 is 5.69 Å². The number of benzene rings is 2. The Balaban J connectivity index is 2.05. The maximum absolute atomic E-state index is 12.5. The third-order valence-corrected chi connectivity index (χ3v) is 4.97. The van der Waals surface area contributed by atoms with Gasteiger partial charge in [-0.1, -0.05) is 17.7 Å². The molecule has 0 aliphatic rings. The second kappa shape index (κ2) is 9.61. The van der Waals surface area contributed by atoms with E-state index in [2.05, 4.69) is 9.98 Å². The fourth-order valence-electron chi connectivity index (χ4n) is 3.22. The highest BCUT2D eigenvalue weighted by Gasteiger charge is 2.18. The van der Waals surface area contributed by atoms with Crippen LogP contribution in [0.25, 0.3) is 5.69 Å². The van der Waals surface area contributed by atoms with Crippen molar-refractivity contribution >= 4 is 17.3 Å². The van der Waals surface area contributed by atoms with Gasteiger partial charge in [-0.15, -0.1) is 0 Å². The van der Waals surface area contributed by atoms with E-state index in [-0.39, 0.29) is 17.8 Å². The molecule has 0 amide bonds. The lowest BCUT2D eigenvalue weighted by molar-refractivity contribution is 0.324. The zero-order valence-corrected chi connectivity index (χ0v) is 18.7. The molecule has 0 saturated carbocycles. The Morgan fingerprint density at radius 2 is 1.75 bits per heavy atom. The van der Waals surface area contributed by atoms with E-state index in [0.717, 1.165) is 10.1 Å². The second-order valence-corrected chi connectivity index (χ2v) is 7.14. The molecule has 2 N–H and O–H groups in total. The monoisotopic (exact) mass is 459 g/mol. The van der Waals surface area contributed by atoms with Crippen LogP contribution in [-0.4, -0.2) is 41.7 Å². The summed E-state index contributed by atoms with van der Waals surface area (Å²) in [5, 5.41) is 11.1. The molecule has 10 heteroatoms. The van der Waals surface area contributed by atoms with E-state index in [4.69, 9.17) is 25.8 Å². The predicted molar refractivity (Wildman–Crippen MR) is 121 cm³/mol. The lowest BCUT2D eigenvalue weighted by atomic mass is 10.1. The molecule has 1 aromatic heterocycles. The number of rotatable bonds is 7. The van der Waals surface area contributed by atoms with Gasteiger partial charge in [-0.3, -0.25) is 14.8 Å². The minimum absolute atomic E-state index is 0.128. The molecule has 168 valence electrons. The van der Waals surface area contributed by atoms with Gasteiger partial charge in [0.1, 0.15) is 5.56 Å². The molecule has 0 fully saturated rings. The lowest BCUT2D eigenvalue weighted by Gasteiger charge is -2.14. The molecule has 0 radical (unpaired) electrons. The Morgan fingerprint density at radius 3 is 2.31 bits per heavy atom. The predicted octanol–water partition coefficient (Wildman–Crippen LogP) is 2.92. The summed E-state index contributed by atoms with van der Waals surface area (Å²) < 4.78 is 16.9. The zero-order chi connectivity index (χ0) is 23.4. The first-order chi connectivity index (χ1) is 15.3. The molecule has 0 saturated heterocycles. The Bertz CT molecular complexity index is 1270. The number of hydrogen-bond donors (Lipinski definition) is 2. The van der Waals surface area contributed by atoms with Crippen LogP contribution in [0, 0.1) is 0 Å². The van der Waals surface area contributed by atoms with Crippen LogP contribution in [-0.2, 0) is 6.54 Å². The van der Waals surface area contributed by atoms with Gasteiger partial charge in [0.05, 0.1) is 39.3 Å². The molecule has 0 aliphatic heterocycles. The summed E-state index contributed by atoms with van der Waals surface area (Å²) in [6, 6.07) is 9.79. The van der Waals surface area contributed by atoms with Crippen LogP contribution in [0.3, 0.4) is 0 Å². The number of aromatic nitrogens is 2. The molecule has 3 aromatic rings. The zero-order valence-electron chi connectivity index (χ0n) is 17.9. The number of H-pyrrole nitrogens is 1. The second-order valence-electron chi connectivity index (χ2n) is 6.71. The molecule has 0 aliphatic carbocycles. The van der Waals surface area contributed by atoms with Gasteiger partial charge in [0.25, 0.3) is 5.56 Å². The van der Waals surface area contributed by atoms with Gasteiger partial charge in [0.2, 0.25) is 11.6 Å². The molecule has 0 atom stereocenters. The Morgan fingerprint density at radius 1 is 1.09 bits per heavy atom. The smallest absolute Gasteiger partial charge is 0.335 e. The van der Waals surface area contributed by atoms with Crippen molar-refractivity contribution in [2.24, 2.45) is 4.99 Å². The number of aromatic amines is 1. The number of nitrogens with zero attached hydrogens (tertiary/aromatic N) is 2. The van der Waals surface area contributed by atoms with Crippen LogP contribution in [0.5, 0.6) is 23.1 Å². The number of aliphatic imine (C=N–C) groups is 1. The molecule has 1 heterocycles. The van der Waals surface area contributed by atoms with Crippen molar-refractivity contribution in [1.82, 2.24) is 9.55 Å². The highest BCUT2D eigenvalue weighted by atomic mass is 35.5. The number of methoxy groups -OCH3 is 3. The normalized spacial score (nSPS) is 11.3. The third-order valence-electron chi connectivity index (χ3n) is 4.74. The van der Waals surface area contributed by atoms with Crippen LogP contribution in [0.1, 0.15) is 18.1 Å². The van der Waals surface area contributed by atoms with Crippen LogP contribution in [0.15, 0.2) is 51.0 Å². The fourth-order valence-corrected chi connectivity index (χ4v) is 3.41. The van der Waals surface area contributed by atoms with E-state index in [1.807, 2.05) is 0 Å². The number of halogens is 1. The van der Waals surface area contributed by atoms with Gasteiger partial charge in [0, 0.05) is 5.02 Å². The minimum atomic E-state index is -0.795. The average Bonchev–Trinajstić information content (AvgIpc) is 2.76. The Kier molecular flexibility index (Phi) is 6.89. The SMILES string of the molecule is COc1cc(CN=C(C)c2c(O)n(-c3cccc(Cl)c3)c(=O)[nH]c2=O)cc(OC)c1OC. The summed E-state index contributed by atoms with van der Waals surface area (Å²) >= 11 is 6.00. The van der Waals surface area contributed by atoms with Crippen molar-refractivity contribution in [2.75, 3.05) is 21.3 Å². The quantitative estimate of drug-likeness (QED) is 0.525. The van der Waals surface area contributed by atoms with Gasteiger partial charge in [-0.05, 0) is 42.8 Å². The number of ether oxygens (including phenoxy) is 3. The van der Waals surface area contributed by atoms with Crippen LogP contribution >= 0.6 is 11.6 Å². The maximum atomic E-state index is 12.5. The van der Waals surface area contributed by atoms with Gasteiger partial charge in [0.15, 0.2) is 11.5 Å². The Labute approximate surface area is 188 Å². The van der Waals surface area contributed by atoms with Gasteiger partial charge in [-0.2, -0.15) is 0 Å². The van der Waals surface area contributed by atoms with E-state index in [1.165, 1.54) is 27.4 Å². The summed E-state index contributed by atoms with van der Waals surface area (Å²) in [6.45, 7) is 1.72. The fraction of sp³-hybridized carbons (Fsp3) is 0.227. The summed E-state index contributed by atoms with van der Waals surface area (Å²) in [6.07, 6.45) is 0. The van der Waals surface area contributed by atoms with E-state index >= 15 is 0 Å². The standard InChI is InChI=1S/C22H22ClN3O6/c1-12(24-11-13-8-16(30-2)19(32-4)17(9-13)31-3)18-20(27)25-22(29)26(21(18)28)15-7-5-6-14(23)10-15/h5-10,28H,11H2,1-4H3,(H,25,27,29). The van der Waals surface area contributed by atoms with E-state index < -0.39 is 17.1 Å². The van der Waals surface area contributed by atoms with Crippen LogP contribution in [0.2, 0.25) is 5.02 Å². The molecular weight excluding hydrogens is 438 g/mol. The molecule has 0 bridgehead atoms. The summed E-state index contributed by atoms with van der Waals surface area (Å²) in [5.74, 6) is 0.837.